The van der Waals surface area contributed by atoms with Crippen LogP contribution in [0.25, 0.3) is 0 Å². The third-order valence-corrected chi connectivity index (χ3v) is 8.22. The molecule has 2 fully saturated rings. The molecule has 1 saturated carbocycles. The van der Waals surface area contributed by atoms with Gasteiger partial charge in [0.15, 0.2) is 5.96 Å². The Morgan fingerprint density at radius 2 is 2.06 bits per heavy atom. The van der Waals surface area contributed by atoms with Crippen LogP contribution in [0.5, 0.6) is 5.75 Å². The molecule has 10 nitrogen and oxygen atoms in total. The number of rotatable bonds is 8. The van der Waals surface area contributed by atoms with Crippen molar-refractivity contribution in [2.45, 2.75) is 68.5 Å². The molecule has 4 rings (SSSR count). The number of likely N-dealkylation sites (N-methyl/N-ethyl adjacent to an activating group) is 1. The van der Waals surface area contributed by atoms with E-state index in [-0.39, 0.29) is 28.7 Å². The van der Waals surface area contributed by atoms with Gasteiger partial charge in [-0.05, 0) is 76.1 Å². The first kappa shape index (κ1) is 24.3. The quantitative estimate of drug-likeness (QED) is 0.177. The van der Waals surface area contributed by atoms with Gasteiger partial charge in [-0.1, -0.05) is 6.07 Å². The van der Waals surface area contributed by atoms with E-state index in [9.17, 15) is 19.8 Å². The summed E-state index contributed by atoms with van der Waals surface area (Å²) in [7, 11) is 2.15. The van der Waals surface area contributed by atoms with E-state index in [4.69, 9.17) is 17.2 Å². The van der Waals surface area contributed by atoms with Gasteiger partial charge in [-0.25, -0.2) is 0 Å². The first-order valence-corrected chi connectivity index (χ1v) is 12.0. The number of likely N-dealkylation sites (tertiary alicyclic amines) is 1. The molecule has 1 amide bonds. The second kappa shape index (κ2) is 9.42. The van der Waals surface area contributed by atoms with E-state index < -0.39 is 17.9 Å². The molecule has 0 spiro atoms. The number of phenols is 1. The van der Waals surface area contributed by atoms with Gasteiger partial charge in [0.25, 0.3) is 5.91 Å². The number of aliphatic carboxylic acids is 1. The zero-order valence-corrected chi connectivity index (χ0v) is 19.7. The normalized spacial score (nSPS) is 28.9. The first-order valence-electron chi connectivity index (χ1n) is 12.0. The van der Waals surface area contributed by atoms with Crippen molar-refractivity contribution in [2.24, 2.45) is 28.1 Å². The fourth-order valence-electron chi connectivity index (χ4n) is 6.75. The monoisotopic (exact) mass is 472 g/mol. The summed E-state index contributed by atoms with van der Waals surface area (Å²) in [6.07, 6.45) is 5.13. The van der Waals surface area contributed by atoms with Crippen LogP contribution in [0.15, 0.2) is 17.1 Å². The summed E-state index contributed by atoms with van der Waals surface area (Å²) in [6.45, 7) is 1.27. The van der Waals surface area contributed by atoms with E-state index in [2.05, 4.69) is 22.3 Å². The van der Waals surface area contributed by atoms with Crippen molar-refractivity contribution in [2.75, 3.05) is 20.1 Å². The van der Waals surface area contributed by atoms with Gasteiger partial charge in [0.05, 0.1) is 5.56 Å². The number of hydrogen-bond donors (Lipinski definition) is 6. The third-order valence-electron chi connectivity index (χ3n) is 8.22. The Morgan fingerprint density at radius 3 is 2.74 bits per heavy atom. The molecule has 34 heavy (non-hydrogen) atoms. The molecule has 1 aromatic rings. The molecule has 10 heteroatoms. The highest BCUT2D eigenvalue weighted by Crippen LogP contribution is 2.58. The molecule has 2 aliphatic carbocycles. The van der Waals surface area contributed by atoms with Crippen molar-refractivity contribution in [3.8, 4) is 5.75 Å². The number of carboxylic acids is 1. The molecule has 0 aromatic heterocycles. The van der Waals surface area contributed by atoms with Gasteiger partial charge in [-0.15, -0.1) is 0 Å². The van der Waals surface area contributed by atoms with Gasteiger partial charge >= 0.3 is 5.97 Å². The predicted octanol–water partition coefficient (Wildman–Crippen LogP) is 0.254. The lowest BCUT2D eigenvalue weighted by molar-refractivity contribution is -0.140. The lowest BCUT2D eigenvalue weighted by Crippen LogP contribution is -2.63. The van der Waals surface area contributed by atoms with Crippen LogP contribution in [-0.2, 0) is 16.6 Å². The van der Waals surface area contributed by atoms with Crippen molar-refractivity contribution in [1.82, 2.24) is 10.2 Å². The molecule has 0 radical (unpaired) electrons. The summed E-state index contributed by atoms with van der Waals surface area (Å²) < 4.78 is 0. The topological polar surface area (TPSA) is 180 Å². The highest BCUT2D eigenvalue weighted by atomic mass is 16.4. The van der Waals surface area contributed by atoms with Gasteiger partial charge in [0.2, 0.25) is 0 Å². The van der Waals surface area contributed by atoms with Crippen LogP contribution in [0.1, 0.15) is 60.0 Å². The Labute approximate surface area is 199 Å². The molecule has 1 saturated heterocycles. The predicted molar refractivity (Wildman–Crippen MR) is 129 cm³/mol. The SMILES string of the molecule is CN1CC[C@]23C[C@H](NC(CCCN=C(N)N)C(=O)O)CC[C@H]2[C@H]1Cc1ccc(C(N)=O)c(O)c13. The number of nitrogens with one attached hydrogen (secondary N) is 1. The van der Waals surface area contributed by atoms with Crippen LogP contribution in [0.3, 0.4) is 0 Å². The fourth-order valence-corrected chi connectivity index (χ4v) is 6.75. The Balaban J connectivity index is 1.62. The standard InChI is InChI=1S/C24H36N6O4/c1-30-10-8-24-12-14(29-17(22(33)34)3-2-9-28-23(26)27)5-7-16(24)18(30)11-13-4-6-15(21(25)32)20(31)19(13)24/h4,6,14,16-18,29,31H,2-3,5,7-12H2,1H3,(H2,25,32)(H,33,34)(H4,26,27,28)/t14-,16+,17?,18-,24+/m1/s1. The fraction of sp³-hybridized carbons (Fsp3) is 0.625. The van der Waals surface area contributed by atoms with Gasteiger partial charge in [-0.2, -0.15) is 0 Å². The number of amides is 1. The van der Waals surface area contributed by atoms with Crippen molar-refractivity contribution in [1.29, 1.82) is 0 Å². The molecule has 2 bridgehead atoms. The summed E-state index contributed by atoms with van der Waals surface area (Å²) in [6, 6.07) is 3.18. The van der Waals surface area contributed by atoms with Gasteiger partial charge < -0.3 is 37.6 Å². The summed E-state index contributed by atoms with van der Waals surface area (Å²) in [5.74, 6) is -1.20. The van der Waals surface area contributed by atoms with Gasteiger partial charge in [0.1, 0.15) is 11.8 Å². The van der Waals surface area contributed by atoms with Gasteiger partial charge in [-0.3, -0.25) is 14.6 Å². The zero-order chi connectivity index (χ0) is 24.6. The largest absolute Gasteiger partial charge is 0.507 e. The van der Waals surface area contributed by atoms with Crippen LogP contribution < -0.4 is 22.5 Å². The van der Waals surface area contributed by atoms with Crippen molar-refractivity contribution in [3.05, 3.63) is 28.8 Å². The molecule has 186 valence electrons. The lowest BCUT2D eigenvalue weighted by atomic mass is 9.51. The number of aliphatic imine (C=N–C) groups is 1. The molecule has 9 N–H and O–H groups in total. The minimum Gasteiger partial charge on any atom is -0.507 e. The number of aromatic hydroxyl groups is 1. The number of hydrogen-bond acceptors (Lipinski definition) is 6. The second-order valence-electron chi connectivity index (χ2n) is 10.1. The average molecular weight is 473 g/mol. The first-order chi connectivity index (χ1) is 16.1. The smallest absolute Gasteiger partial charge is 0.320 e. The number of piperidine rings is 1. The van der Waals surface area contributed by atoms with Gasteiger partial charge in [0, 0.05) is 29.6 Å². The summed E-state index contributed by atoms with van der Waals surface area (Å²) in [5, 5.41) is 24.4. The van der Waals surface area contributed by atoms with Crippen LogP contribution >= 0.6 is 0 Å². The van der Waals surface area contributed by atoms with Crippen molar-refractivity contribution in [3.63, 3.8) is 0 Å². The maximum Gasteiger partial charge on any atom is 0.320 e. The highest BCUT2D eigenvalue weighted by molar-refractivity contribution is 5.96. The molecule has 1 aromatic carbocycles. The number of carboxylic acid groups (broad SMARTS) is 1. The number of benzene rings is 1. The molecular formula is C24H36N6O4. The van der Waals surface area contributed by atoms with Crippen LogP contribution in [0.2, 0.25) is 0 Å². The highest BCUT2D eigenvalue weighted by Gasteiger charge is 2.56. The Hall–Kier alpha value is -2.85. The van der Waals surface area contributed by atoms with E-state index in [0.717, 1.165) is 43.4 Å². The molecule has 1 heterocycles. The van der Waals surface area contributed by atoms with Crippen LogP contribution in [-0.4, -0.2) is 71.2 Å². The number of fused-ring (bicyclic) bond motifs is 1. The Bertz CT molecular complexity index is 994. The molecule has 3 aliphatic rings. The minimum atomic E-state index is -0.895. The summed E-state index contributed by atoms with van der Waals surface area (Å²) in [4.78, 5) is 30.3. The number of guanidine groups is 1. The molecule has 1 aliphatic heterocycles. The minimum absolute atomic E-state index is 0.000166. The second-order valence-corrected chi connectivity index (χ2v) is 10.1. The molecular weight excluding hydrogens is 436 g/mol. The lowest BCUT2D eigenvalue weighted by Gasteiger charge is -2.60. The number of nitrogens with two attached hydrogens (primary N) is 3. The van der Waals surface area contributed by atoms with E-state index in [1.807, 2.05) is 6.07 Å². The maximum absolute atomic E-state index is 12.0. The third kappa shape index (κ3) is 4.32. The average Bonchev–Trinajstić information content (AvgIpc) is 2.77. The number of nitrogens with zero attached hydrogens (tertiary/aromatic N) is 2. The Kier molecular flexibility index (Phi) is 6.73. The van der Waals surface area contributed by atoms with Crippen molar-refractivity contribution >= 4 is 17.8 Å². The number of carbonyl (C=O) groups is 2. The zero-order valence-electron chi connectivity index (χ0n) is 19.7. The molecule has 5 atom stereocenters. The summed E-state index contributed by atoms with van der Waals surface area (Å²) in [5.41, 5.74) is 18.0. The van der Waals surface area contributed by atoms with E-state index in [1.54, 1.807) is 6.07 Å². The molecule has 1 unspecified atom stereocenters. The van der Waals surface area contributed by atoms with E-state index >= 15 is 0 Å². The van der Waals surface area contributed by atoms with Crippen LogP contribution in [0.4, 0.5) is 0 Å². The van der Waals surface area contributed by atoms with E-state index in [0.29, 0.717) is 37.8 Å². The van der Waals surface area contributed by atoms with Crippen molar-refractivity contribution < 1.29 is 19.8 Å². The number of carbonyl (C=O) groups excluding carboxylic acids is 1. The Morgan fingerprint density at radius 1 is 1.29 bits per heavy atom. The summed E-state index contributed by atoms with van der Waals surface area (Å²) >= 11 is 0. The van der Waals surface area contributed by atoms with Crippen LogP contribution in [0, 0.1) is 5.92 Å². The number of primary amides is 1. The van der Waals surface area contributed by atoms with E-state index in [1.165, 1.54) is 0 Å². The maximum atomic E-state index is 12.0.